The first kappa shape index (κ1) is 20.3. The second-order valence-electron chi connectivity index (χ2n) is 8.13. The Morgan fingerprint density at radius 1 is 0.900 bits per heavy atom. The molecule has 0 bridgehead atoms. The van der Waals surface area contributed by atoms with Crippen molar-refractivity contribution in [3.63, 3.8) is 0 Å². The molecular weight excluding hydrogens is 374 g/mol. The third-order valence-electron chi connectivity index (χ3n) is 6.02. The predicted octanol–water partition coefficient (Wildman–Crippen LogP) is 5.89. The Morgan fingerprint density at radius 3 is 2.23 bits per heavy atom. The van der Waals surface area contributed by atoms with E-state index in [-0.39, 0.29) is 11.9 Å². The second-order valence-corrected chi connectivity index (χ2v) is 8.13. The number of hydrogen-bond acceptors (Lipinski definition) is 3. The molecule has 156 valence electrons. The van der Waals surface area contributed by atoms with Gasteiger partial charge in [0.2, 0.25) is 0 Å². The van der Waals surface area contributed by atoms with Crippen molar-refractivity contribution in [3.05, 3.63) is 59.7 Å². The van der Waals surface area contributed by atoms with Gasteiger partial charge in [-0.25, -0.2) is 0 Å². The summed E-state index contributed by atoms with van der Waals surface area (Å²) >= 11 is 0. The highest BCUT2D eigenvalue weighted by atomic mass is 16.5. The summed E-state index contributed by atoms with van der Waals surface area (Å²) < 4.78 is 11.0. The Hall–Kier alpha value is -3.01. The van der Waals surface area contributed by atoms with Crippen molar-refractivity contribution < 1.29 is 14.3 Å². The minimum Gasteiger partial charge on any atom is -0.493 e. The molecule has 1 aliphatic carbocycles. The van der Waals surface area contributed by atoms with E-state index in [1.807, 2.05) is 24.3 Å². The van der Waals surface area contributed by atoms with Crippen molar-refractivity contribution in [2.45, 2.75) is 45.1 Å². The summed E-state index contributed by atoms with van der Waals surface area (Å²) in [5.41, 5.74) is 3.97. The smallest absolute Gasteiger partial charge is 0.251 e. The van der Waals surface area contributed by atoms with Gasteiger partial charge >= 0.3 is 0 Å². The summed E-state index contributed by atoms with van der Waals surface area (Å²) in [5, 5.41) is 5.23. The van der Waals surface area contributed by atoms with E-state index in [0.29, 0.717) is 17.1 Å². The molecule has 4 nitrogen and oxygen atoms in total. The number of carbonyl (C=O) groups is 1. The van der Waals surface area contributed by atoms with Crippen LogP contribution < -0.4 is 14.8 Å². The fourth-order valence-corrected chi connectivity index (χ4v) is 4.31. The molecule has 0 aromatic heterocycles. The molecule has 1 aliphatic rings. The van der Waals surface area contributed by atoms with Gasteiger partial charge < -0.3 is 14.8 Å². The Bertz CT molecular complexity index is 1050. The number of fused-ring (bicyclic) bond motifs is 1. The Kier molecular flexibility index (Phi) is 5.93. The van der Waals surface area contributed by atoms with Gasteiger partial charge in [0.1, 0.15) is 0 Å². The van der Waals surface area contributed by atoms with Crippen molar-refractivity contribution in [1.82, 2.24) is 5.32 Å². The quantitative estimate of drug-likeness (QED) is 0.577. The monoisotopic (exact) mass is 403 g/mol. The van der Waals surface area contributed by atoms with Crippen molar-refractivity contribution in [1.29, 1.82) is 0 Å². The van der Waals surface area contributed by atoms with E-state index in [9.17, 15) is 4.79 Å². The summed E-state index contributed by atoms with van der Waals surface area (Å²) in [4.78, 5) is 13.1. The lowest BCUT2D eigenvalue weighted by molar-refractivity contribution is 0.0928. The molecule has 30 heavy (non-hydrogen) atoms. The van der Waals surface area contributed by atoms with E-state index < -0.39 is 0 Å². The van der Waals surface area contributed by atoms with Crippen LogP contribution in [-0.2, 0) is 0 Å². The number of benzene rings is 3. The van der Waals surface area contributed by atoms with Crippen LogP contribution in [-0.4, -0.2) is 26.2 Å². The molecule has 1 fully saturated rings. The molecule has 0 aliphatic heterocycles. The van der Waals surface area contributed by atoms with Crippen molar-refractivity contribution in [2.24, 2.45) is 0 Å². The summed E-state index contributed by atoms with van der Waals surface area (Å²) in [5.74, 6) is 1.33. The normalized spacial score (nSPS) is 14.5. The largest absolute Gasteiger partial charge is 0.493 e. The van der Waals surface area contributed by atoms with E-state index in [2.05, 4.69) is 36.5 Å². The molecule has 3 aromatic rings. The van der Waals surface area contributed by atoms with Gasteiger partial charge in [0.05, 0.1) is 14.2 Å². The molecule has 4 heteroatoms. The second kappa shape index (κ2) is 8.78. The van der Waals surface area contributed by atoms with E-state index in [1.54, 1.807) is 14.2 Å². The van der Waals surface area contributed by atoms with Gasteiger partial charge in [-0.05, 0) is 65.9 Å². The molecule has 1 N–H and O–H groups in total. The molecule has 0 heterocycles. The van der Waals surface area contributed by atoms with Crippen LogP contribution in [0.15, 0.2) is 48.5 Å². The number of amides is 1. The number of nitrogens with one attached hydrogen (secondary N) is 1. The zero-order chi connectivity index (χ0) is 21.1. The van der Waals surface area contributed by atoms with E-state index in [4.69, 9.17) is 9.47 Å². The van der Waals surface area contributed by atoms with Gasteiger partial charge in [0, 0.05) is 11.6 Å². The van der Waals surface area contributed by atoms with Crippen molar-refractivity contribution in [3.8, 4) is 22.6 Å². The van der Waals surface area contributed by atoms with Crippen LogP contribution in [0.1, 0.15) is 48.0 Å². The van der Waals surface area contributed by atoms with Crippen molar-refractivity contribution in [2.75, 3.05) is 14.2 Å². The number of aryl methyl sites for hydroxylation is 1. The lowest BCUT2D eigenvalue weighted by Gasteiger charge is -2.23. The molecule has 1 amide bonds. The van der Waals surface area contributed by atoms with Crippen LogP contribution in [0.25, 0.3) is 21.9 Å². The Labute approximate surface area is 178 Å². The molecule has 0 saturated heterocycles. The molecular formula is C26H29NO3. The highest BCUT2D eigenvalue weighted by Gasteiger charge is 2.19. The van der Waals surface area contributed by atoms with Crippen molar-refractivity contribution >= 4 is 16.7 Å². The fraction of sp³-hybridized carbons (Fsp3) is 0.346. The van der Waals surface area contributed by atoms with E-state index in [0.717, 1.165) is 34.7 Å². The summed E-state index contributed by atoms with van der Waals surface area (Å²) in [6.07, 6.45) is 5.77. The van der Waals surface area contributed by atoms with E-state index >= 15 is 0 Å². The van der Waals surface area contributed by atoms with Crippen LogP contribution >= 0.6 is 0 Å². The van der Waals surface area contributed by atoms with Gasteiger partial charge in [0.15, 0.2) is 11.5 Å². The molecule has 0 radical (unpaired) electrons. The molecule has 0 unspecified atom stereocenters. The van der Waals surface area contributed by atoms with Crippen LogP contribution in [0.2, 0.25) is 0 Å². The number of carbonyl (C=O) groups excluding carboxylic acids is 1. The fourth-order valence-electron chi connectivity index (χ4n) is 4.31. The standard InChI is InChI=1S/C26H29NO3/c1-17-9-11-18(12-10-17)22-14-20(26(28)27-21-7-5-4-6-8-21)13-19-15-24(29-2)25(30-3)16-23(19)22/h9-16,21H,4-8H2,1-3H3,(H,27,28). The first-order valence-corrected chi connectivity index (χ1v) is 10.7. The van der Waals surface area contributed by atoms with Gasteiger partial charge in [-0.15, -0.1) is 0 Å². The third-order valence-corrected chi connectivity index (χ3v) is 6.02. The Balaban J connectivity index is 1.82. The maximum atomic E-state index is 13.1. The minimum absolute atomic E-state index is 0.00746. The maximum Gasteiger partial charge on any atom is 0.251 e. The van der Waals surface area contributed by atoms with Crippen LogP contribution in [0.5, 0.6) is 11.5 Å². The SMILES string of the molecule is COc1cc2cc(C(=O)NC3CCCCC3)cc(-c3ccc(C)cc3)c2cc1OC. The first-order valence-electron chi connectivity index (χ1n) is 10.7. The zero-order valence-corrected chi connectivity index (χ0v) is 18.0. The van der Waals surface area contributed by atoms with Gasteiger partial charge in [0.25, 0.3) is 5.91 Å². The highest BCUT2D eigenvalue weighted by molar-refractivity contribution is 6.05. The number of methoxy groups -OCH3 is 2. The summed E-state index contributed by atoms with van der Waals surface area (Å²) in [7, 11) is 3.27. The average Bonchev–Trinajstić information content (AvgIpc) is 2.78. The summed E-state index contributed by atoms with van der Waals surface area (Å²) in [6, 6.07) is 16.6. The topological polar surface area (TPSA) is 47.6 Å². The predicted molar refractivity (Wildman–Crippen MR) is 122 cm³/mol. The highest BCUT2D eigenvalue weighted by Crippen LogP contribution is 2.38. The zero-order valence-electron chi connectivity index (χ0n) is 18.0. The number of ether oxygens (including phenoxy) is 2. The molecule has 0 spiro atoms. The van der Waals surface area contributed by atoms with Gasteiger partial charge in [-0.1, -0.05) is 49.1 Å². The van der Waals surface area contributed by atoms with Gasteiger partial charge in [-0.2, -0.15) is 0 Å². The molecule has 1 saturated carbocycles. The first-order chi connectivity index (χ1) is 14.6. The maximum absolute atomic E-state index is 13.1. The molecule has 3 aromatic carbocycles. The van der Waals surface area contributed by atoms with Crippen LogP contribution in [0.4, 0.5) is 0 Å². The van der Waals surface area contributed by atoms with Gasteiger partial charge in [-0.3, -0.25) is 4.79 Å². The number of hydrogen-bond donors (Lipinski definition) is 1. The average molecular weight is 404 g/mol. The summed E-state index contributed by atoms with van der Waals surface area (Å²) in [6.45, 7) is 2.07. The minimum atomic E-state index is -0.00746. The van der Waals surface area contributed by atoms with E-state index in [1.165, 1.54) is 24.8 Å². The molecule has 4 rings (SSSR count). The Morgan fingerprint density at radius 2 is 1.57 bits per heavy atom. The lowest BCUT2D eigenvalue weighted by Crippen LogP contribution is -2.36. The van der Waals surface area contributed by atoms with Crippen LogP contribution in [0, 0.1) is 6.92 Å². The third kappa shape index (κ3) is 4.13. The molecule has 0 atom stereocenters. The lowest BCUT2D eigenvalue weighted by atomic mass is 9.93. The van der Waals surface area contributed by atoms with Crippen LogP contribution in [0.3, 0.4) is 0 Å². The number of rotatable bonds is 5.